The van der Waals surface area contributed by atoms with Crippen LogP contribution in [0, 0.1) is 5.82 Å². The summed E-state index contributed by atoms with van der Waals surface area (Å²) in [7, 11) is -3.95. The number of amides is 2. The van der Waals surface area contributed by atoms with Crippen molar-refractivity contribution in [2.45, 2.75) is 32.4 Å². The van der Waals surface area contributed by atoms with E-state index >= 15 is 0 Å². The number of carbonyl (C=O) groups is 2. The van der Waals surface area contributed by atoms with Gasteiger partial charge in [-0.15, -0.1) is 0 Å². The number of hydrogen-bond acceptors (Lipinski definition) is 6. The molecule has 11 heteroatoms. The first kappa shape index (κ1) is 28.9. The first-order chi connectivity index (χ1) is 19.2. The Morgan fingerprint density at radius 2 is 1.70 bits per heavy atom. The molecule has 0 fully saturated rings. The fraction of sp³-hybridized carbons (Fsp3) is 0.310. The predicted octanol–water partition coefficient (Wildman–Crippen LogP) is 3.49. The number of halogens is 1. The van der Waals surface area contributed by atoms with E-state index in [9.17, 15) is 22.4 Å². The van der Waals surface area contributed by atoms with Gasteiger partial charge in [0.2, 0.25) is 28.6 Å². The summed E-state index contributed by atoms with van der Waals surface area (Å²) in [6, 6.07) is 18.7. The molecule has 0 bridgehead atoms. The van der Waals surface area contributed by atoms with Crippen molar-refractivity contribution in [3.63, 3.8) is 0 Å². The minimum atomic E-state index is -3.95. The lowest BCUT2D eigenvalue weighted by molar-refractivity contribution is -0.140. The number of hydrogen-bond donors (Lipinski definition) is 1. The normalized spacial score (nSPS) is 13.0. The summed E-state index contributed by atoms with van der Waals surface area (Å²) in [5, 5.41) is 2.84. The molecule has 40 heavy (non-hydrogen) atoms. The largest absolute Gasteiger partial charge is 0.454 e. The van der Waals surface area contributed by atoms with Gasteiger partial charge in [0.15, 0.2) is 11.5 Å². The van der Waals surface area contributed by atoms with Gasteiger partial charge in [0, 0.05) is 31.1 Å². The van der Waals surface area contributed by atoms with E-state index in [4.69, 9.17) is 9.47 Å². The van der Waals surface area contributed by atoms with Crippen LogP contribution in [-0.2, 0) is 32.6 Å². The van der Waals surface area contributed by atoms with Crippen molar-refractivity contribution in [3.05, 3.63) is 89.7 Å². The number of ether oxygens (including phenoxy) is 2. The molecule has 1 aliphatic rings. The number of nitrogens with zero attached hydrogens (tertiary/aromatic N) is 2. The first-order valence-electron chi connectivity index (χ1n) is 12.9. The summed E-state index contributed by atoms with van der Waals surface area (Å²) in [6.07, 6.45) is 1.82. The van der Waals surface area contributed by atoms with Crippen LogP contribution in [0.15, 0.2) is 72.8 Å². The Hall–Kier alpha value is -4.12. The van der Waals surface area contributed by atoms with Crippen LogP contribution < -0.4 is 19.1 Å². The van der Waals surface area contributed by atoms with Crippen LogP contribution in [0.25, 0.3) is 0 Å². The van der Waals surface area contributed by atoms with Gasteiger partial charge in [-0.05, 0) is 30.2 Å². The summed E-state index contributed by atoms with van der Waals surface area (Å²) in [5.74, 6) is -0.810. The average Bonchev–Trinajstić information content (AvgIpc) is 3.41. The van der Waals surface area contributed by atoms with Crippen LogP contribution in [0.4, 0.5) is 10.1 Å². The molecule has 0 radical (unpaired) electrons. The van der Waals surface area contributed by atoms with Gasteiger partial charge in [-0.25, -0.2) is 12.8 Å². The molecule has 9 nitrogen and oxygen atoms in total. The highest BCUT2D eigenvalue weighted by molar-refractivity contribution is 7.92. The molecule has 1 heterocycles. The van der Waals surface area contributed by atoms with E-state index in [0.717, 1.165) is 16.1 Å². The zero-order chi connectivity index (χ0) is 28.7. The van der Waals surface area contributed by atoms with E-state index < -0.39 is 40.2 Å². The first-order valence-corrected chi connectivity index (χ1v) is 14.7. The Kier molecular flexibility index (Phi) is 9.26. The topological polar surface area (TPSA) is 105 Å². The molecular formula is C29H32FN3O6S. The Morgan fingerprint density at radius 1 is 1.00 bits per heavy atom. The monoisotopic (exact) mass is 569 g/mol. The number of carbonyl (C=O) groups excluding carboxylic acids is 2. The Morgan fingerprint density at radius 3 is 2.40 bits per heavy atom. The maximum absolute atomic E-state index is 14.8. The fourth-order valence-electron chi connectivity index (χ4n) is 4.38. The molecule has 3 aromatic carbocycles. The second-order valence-corrected chi connectivity index (χ2v) is 11.3. The summed E-state index contributed by atoms with van der Waals surface area (Å²) >= 11 is 0. The zero-order valence-electron chi connectivity index (χ0n) is 22.4. The van der Waals surface area contributed by atoms with Crippen molar-refractivity contribution in [1.82, 2.24) is 10.2 Å². The Labute approximate surface area is 233 Å². The maximum atomic E-state index is 14.8. The van der Waals surface area contributed by atoms with Crippen LogP contribution >= 0.6 is 0 Å². The van der Waals surface area contributed by atoms with Gasteiger partial charge in [-0.2, -0.15) is 0 Å². The lowest BCUT2D eigenvalue weighted by Gasteiger charge is -2.33. The lowest BCUT2D eigenvalue weighted by Crippen LogP contribution is -2.53. The van der Waals surface area contributed by atoms with Gasteiger partial charge in [0.25, 0.3) is 0 Å². The Balaban J connectivity index is 1.72. The molecule has 0 spiro atoms. The van der Waals surface area contributed by atoms with Crippen LogP contribution in [0.1, 0.15) is 24.5 Å². The summed E-state index contributed by atoms with van der Waals surface area (Å²) in [5.41, 5.74) is 1.19. The number of sulfonamides is 1. The second kappa shape index (κ2) is 12.8. The molecule has 2 amide bonds. The van der Waals surface area contributed by atoms with Crippen molar-refractivity contribution in [2.75, 3.05) is 30.4 Å². The minimum Gasteiger partial charge on any atom is -0.454 e. The van der Waals surface area contributed by atoms with E-state index in [1.165, 1.54) is 35.2 Å². The van der Waals surface area contributed by atoms with E-state index in [1.807, 2.05) is 37.3 Å². The van der Waals surface area contributed by atoms with Crippen LogP contribution in [0.3, 0.4) is 0 Å². The van der Waals surface area contributed by atoms with Crippen molar-refractivity contribution in [2.24, 2.45) is 0 Å². The fourth-order valence-corrected chi connectivity index (χ4v) is 5.23. The lowest BCUT2D eigenvalue weighted by atomic mass is 10.0. The molecule has 212 valence electrons. The molecule has 0 saturated heterocycles. The molecule has 4 rings (SSSR count). The predicted molar refractivity (Wildman–Crippen MR) is 149 cm³/mol. The zero-order valence-corrected chi connectivity index (χ0v) is 23.2. The number of fused-ring (bicyclic) bond motifs is 1. The average molecular weight is 570 g/mol. The smallest absolute Gasteiger partial charge is 0.244 e. The van der Waals surface area contributed by atoms with E-state index in [2.05, 4.69) is 5.32 Å². The molecule has 3 aromatic rings. The summed E-state index contributed by atoms with van der Waals surface area (Å²) in [4.78, 5) is 28.7. The van der Waals surface area contributed by atoms with Gasteiger partial charge >= 0.3 is 0 Å². The number of nitrogens with one attached hydrogen (secondary N) is 1. The quantitative estimate of drug-likeness (QED) is 0.358. The molecule has 0 unspecified atom stereocenters. The molecule has 1 atom stereocenters. The molecule has 0 aliphatic carbocycles. The standard InChI is InChI=1S/C29H32FN3O6S/c1-3-15-31-29(35)25(16-21-9-5-4-6-10-21)32(18-22-11-7-8-12-24(22)30)28(34)19-33(40(2,36)37)23-13-14-26-27(17-23)39-20-38-26/h4-14,17,25H,3,15-16,18-20H2,1-2H3,(H,31,35)/t25-/m0/s1. The van der Waals surface area contributed by atoms with Crippen LogP contribution in [-0.4, -0.2) is 57.3 Å². The minimum absolute atomic E-state index is 0.00104. The van der Waals surface area contributed by atoms with Gasteiger partial charge in [0.05, 0.1) is 11.9 Å². The van der Waals surface area contributed by atoms with E-state index in [-0.39, 0.29) is 31.0 Å². The van der Waals surface area contributed by atoms with Crippen molar-refractivity contribution in [3.8, 4) is 11.5 Å². The number of rotatable bonds is 12. The van der Waals surface area contributed by atoms with Gasteiger partial charge in [-0.3, -0.25) is 13.9 Å². The van der Waals surface area contributed by atoms with Gasteiger partial charge in [-0.1, -0.05) is 55.5 Å². The molecule has 1 aliphatic heterocycles. The highest BCUT2D eigenvalue weighted by atomic mass is 32.2. The highest BCUT2D eigenvalue weighted by Gasteiger charge is 2.33. The number of benzene rings is 3. The third kappa shape index (κ3) is 7.09. The molecule has 1 N–H and O–H groups in total. The van der Waals surface area contributed by atoms with Gasteiger partial charge in [0.1, 0.15) is 18.4 Å². The third-order valence-corrected chi connectivity index (χ3v) is 7.58. The Bertz CT molecular complexity index is 1450. The van der Waals surface area contributed by atoms with Crippen molar-refractivity contribution < 1.29 is 31.9 Å². The van der Waals surface area contributed by atoms with Gasteiger partial charge < -0.3 is 19.7 Å². The summed E-state index contributed by atoms with van der Waals surface area (Å²) in [6.45, 7) is 1.45. The molecule has 0 aromatic heterocycles. The SMILES string of the molecule is CCCNC(=O)[C@H](Cc1ccccc1)N(Cc1ccccc1F)C(=O)CN(c1ccc2c(c1)OCO2)S(C)(=O)=O. The molecule has 0 saturated carbocycles. The van der Waals surface area contributed by atoms with Crippen LogP contribution in [0.2, 0.25) is 0 Å². The van der Waals surface area contributed by atoms with Crippen LogP contribution in [0.5, 0.6) is 11.5 Å². The van der Waals surface area contributed by atoms with Crippen molar-refractivity contribution >= 4 is 27.5 Å². The number of anilines is 1. The highest BCUT2D eigenvalue weighted by Crippen LogP contribution is 2.36. The summed E-state index contributed by atoms with van der Waals surface area (Å²) < 4.78 is 52.2. The second-order valence-electron chi connectivity index (χ2n) is 9.42. The van der Waals surface area contributed by atoms with Crippen molar-refractivity contribution in [1.29, 1.82) is 0 Å². The van der Waals surface area contributed by atoms with E-state index in [0.29, 0.717) is 24.5 Å². The molecular weight excluding hydrogens is 537 g/mol. The third-order valence-electron chi connectivity index (χ3n) is 6.44. The van der Waals surface area contributed by atoms with E-state index in [1.54, 1.807) is 12.1 Å². The maximum Gasteiger partial charge on any atom is 0.244 e.